The molecule has 0 bridgehead atoms. The standard InChI is InChI=1S/C8H12ClN3O/c1-5-6(3-4-9)7(13)12(2)8(10)11-5/h3-4H2,1-2H3,(H2,10,11). The van der Waals surface area contributed by atoms with Crippen LogP contribution < -0.4 is 11.3 Å². The predicted octanol–water partition coefficient (Wildman–Crippen LogP) is 0.452. The van der Waals surface area contributed by atoms with Gasteiger partial charge in [-0.1, -0.05) is 0 Å². The second-order valence-electron chi connectivity index (χ2n) is 2.84. The largest absolute Gasteiger partial charge is 0.369 e. The second-order valence-corrected chi connectivity index (χ2v) is 3.22. The summed E-state index contributed by atoms with van der Waals surface area (Å²) in [6.07, 6.45) is 0.535. The summed E-state index contributed by atoms with van der Waals surface area (Å²) >= 11 is 5.56. The third kappa shape index (κ3) is 1.83. The lowest BCUT2D eigenvalue weighted by atomic mass is 10.2. The van der Waals surface area contributed by atoms with Gasteiger partial charge in [-0.15, -0.1) is 11.6 Å². The van der Waals surface area contributed by atoms with Crippen molar-refractivity contribution in [3.63, 3.8) is 0 Å². The minimum Gasteiger partial charge on any atom is -0.369 e. The molecule has 0 spiro atoms. The number of alkyl halides is 1. The Hall–Kier alpha value is -1.03. The van der Waals surface area contributed by atoms with Gasteiger partial charge in [-0.2, -0.15) is 0 Å². The Morgan fingerprint density at radius 3 is 2.77 bits per heavy atom. The van der Waals surface area contributed by atoms with Crippen molar-refractivity contribution in [3.8, 4) is 0 Å². The molecule has 1 aromatic heterocycles. The van der Waals surface area contributed by atoms with E-state index in [1.807, 2.05) is 0 Å². The maximum Gasteiger partial charge on any atom is 0.258 e. The third-order valence-corrected chi connectivity index (χ3v) is 2.16. The van der Waals surface area contributed by atoms with Gasteiger partial charge in [0.05, 0.1) is 0 Å². The molecule has 5 heteroatoms. The zero-order valence-corrected chi connectivity index (χ0v) is 8.43. The molecule has 0 aromatic carbocycles. The number of hydrogen-bond acceptors (Lipinski definition) is 3. The van der Waals surface area contributed by atoms with E-state index in [0.717, 1.165) is 0 Å². The Bertz CT molecular complexity index is 372. The highest BCUT2D eigenvalue weighted by Gasteiger charge is 2.08. The Balaban J connectivity index is 3.35. The number of aromatic nitrogens is 2. The van der Waals surface area contributed by atoms with E-state index in [9.17, 15) is 4.79 Å². The molecule has 0 aliphatic heterocycles. The van der Waals surface area contributed by atoms with Crippen molar-refractivity contribution in [1.29, 1.82) is 0 Å². The Morgan fingerprint density at radius 1 is 1.62 bits per heavy atom. The van der Waals surface area contributed by atoms with Gasteiger partial charge in [0, 0.05) is 24.2 Å². The highest BCUT2D eigenvalue weighted by atomic mass is 35.5. The SMILES string of the molecule is Cc1nc(N)n(C)c(=O)c1CCCl. The molecule has 0 amide bonds. The first kappa shape index (κ1) is 10.1. The number of nitrogen functional groups attached to an aromatic ring is 1. The van der Waals surface area contributed by atoms with Crippen molar-refractivity contribution >= 4 is 17.5 Å². The van der Waals surface area contributed by atoms with E-state index in [-0.39, 0.29) is 11.5 Å². The molecule has 0 saturated heterocycles. The third-order valence-electron chi connectivity index (χ3n) is 1.97. The molecule has 0 radical (unpaired) electrons. The van der Waals surface area contributed by atoms with Gasteiger partial charge in [0.2, 0.25) is 5.95 Å². The van der Waals surface area contributed by atoms with Crippen LogP contribution in [0.15, 0.2) is 4.79 Å². The zero-order chi connectivity index (χ0) is 10.0. The van der Waals surface area contributed by atoms with E-state index in [1.54, 1.807) is 14.0 Å². The lowest BCUT2D eigenvalue weighted by Gasteiger charge is -2.07. The van der Waals surface area contributed by atoms with Gasteiger partial charge in [-0.05, 0) is 13.3 Å². The van der Waals surface area contributed by atoms with Gasteiger partial charge in [-0.3, -0.25) is 9.36 Å². The second kappa shape index (κ2) is 3.79. The number of hydrogen-bond donors (Lipinski definition) is 1. The van der Waals surface area contributed by atoms with Gasteiger partial charge in [0.1, 0.15) is 0 Å². The van der Waals surface area contributed by atoms with Crippen molar-refractivity contribution in [2.45, 2.75) is 13.3 Å². The molecule has 0 atom stereocenters. The van der Waals surface area contributed by atoms with Crippen LogP contribution in [0, 0.1) is 6.92 Å². The molecule has 0 unspecified atom stereocenters. The van der Waals surface area contributed by atoms with Gasteiger partial charge >= 0.3 is 0 Å². The van der Waals surface area contributed by atoms with Crippen molar-refractivity contribution in [3.05, 3.63) is 21.6 Å². The highest BCUT2D eigenvalue weighted by molar-refractivity contribution is 6.17. The van der Waals surface area contributed by atoms with Gasteiger partial charge in [0.15, 0.2) is 0 Å². The van der Waals surface area contributed by atoms with Crippen LogP contribution in [0.4, 0.5) is 5.95 Å². The van der Waals surface area contributed by atoms with Crippen LogP contribution in [-0.4, -0.2) is 15.4 Å². The molecule has 0 saturated carbocycles. The molecular weight excluding hydrogens is 190 g/mol. The highest BCUT2D eigenvalue weighted by Crippen LogP contribution is 2.03. The minimum atomic E-state index is -0.106. The van der Waals surface area contributed by atoms with Crippen LogP contribution in [-0.2, 0) is 13.5 Å². The van der Waals surface area contributed by atoms with Crippen molar-refractivity contribution < 1.29 is 0 Å². The fraction of sp³-hybridized carbons (Fsp3) is 0.500. The maximum absolute atomic E-state index is 11.6. The van der Waals surface area contributed by atoms with Crippen LogP contribution in [0.1, 0.15) is 11.3 Å². The molecule has 0 aliphatic carbocycles. The fourth-order valence-electron chi connectivity index (χ4n) is 1.16. The smallest absolute Gasteiger partial charge is 0.258 e. The van der Waals surface area contributed by atoms with Gasteiger partial charge in [-0.25, -0.2) is 4.98 Å². The normalized spacial score (nSPS) is 10.4. The van der Waals surface area contributed by atoms with Crippen LogP contribution in [0.3, 0.4) is 0 Å². The lowest BCUT2D eigenvalue weighted by molar-refractivity contribution is 0.803. The first-order valence-electron chi connectivity index (χ1n) is 3.96. The number of halogens is 1. The molecule has 1 rings (SSSR count). The topological polar surface area (TPSA) is 60.9 Å². The summed E-state index contributed by atoms with van der Waals surface area (Å²) in [5, 5.41) is 0. The Kier molecular flexibility index (Phi) is 2.93. The maximum atomic E-state index is 11.6. The first-order valence-corrected chi connectivity index (χ1v) is 4.49. The number of nitrogens with two attached hydrogens (primary N) is 1. The first-order chi connectivity index (χ1) is 6.07. The zero-order valence-electron chi connectivity index (χ0n) is 7.67. The van der Waals surface area contributed by atoms with Crippen molar-refractivity contribution in [2.24, 2.45) is 7.05 Å². The summed E-state index contributed by atoms with van der Waals surface area (Å²) in [7, 11) is 1.60. The summed E-state index contributed by atoms with van der Waals surface area (Å²) < 4.78 is 1.33. The molecule has 2 N–H and O–H groups in total. The summed E-state index contributed by atoms with van der Waals surface area (Å²) in [6.45, 7) is 1.76. The van der Waals surface area contributed by atoms with E-state index >= 15 is 0 Å². The average molecular weight is 202 g/mol. The summed E-state index contributed by atoms with van der Waals surface area (Å²) in [5.41, 5.74) is 6.71. The molecule has 1 aromatic rings. The van der Waals surface area contributed by atoms with Crippen molar-refractivity contribution in [1.82, 2.24) is 9.55 Å². The number of anilines is 1. The summed E-state index contributed by atoms with van der Waals surface area (Å²) in [5.74, 6) is 0.655. The van der Waals surface area contributed by atoms with E-state index in [0.29, 0.717) is 23.6 Å². The number of aryl methyl sites for hydroxylation is 1. The van der Waals surface area contributed by atoms with Crippen molar-refractivity contribution in [2.75, 3.05) is 11.6 Å². The lowest BCUT2D eigenvalue weighted by Crippen LogP contribution is -2.26. The fourth-order valence-corrected chi connectivity index (χ4v) is 1.35. The molecule has 0 aliphatic rings. The Morgan fingerprint density at radius 2 is 2.23 bits per heavy atom. The molecule has 0 fully saturated rings. The molecular formula is C8H12ClN3O. The quantitative estimate of drug-likeness (QED) is 0.707. The Labute approximate surface area is 81.3 Å². The molecule has 13 heavy (non-hydrogen) atoms. The average Bonchev–Trinajstić information content (AvgIpc) is 2.09. The monoisotopic (exact) mass is 201 g/mol. The van der Waals surface area contributed by atoms with E-state index < -0.39 is 0 Å². The van der Waals surface area contributed by atoms with Crippen LogP contribution in [0.25, 0.3) is 0 Å². The summed E-state index contributed by atoms with van der Waals surface area (Å²) in [4.78, 5) is 15.6. The van der Waals surface area contributed by atoms with Crippen LogP contribution in [0.5, 0.6) is 0 Å². The van der Waals surface area contributed by atoms with E-state index in [4.69, 9.17) is 17.3 Å². The van der Waals surface area contributed by atoms with Gasteiger partial charge in [0.25, 0.3) is 5.56 Å². The van der Waals surface area contributed by atoms with Crippen LogP contribution >= 0.6 is 11.6 Å². The number of nitrogens with zero attached hydrogens (tertiary/aromatic N) is 2. The minimum absolute atomic E-state index is 0.106. The summed E-state index contributed by atoms with van der Waals surface area (Å²) in [6, 6.07) is 0. The molecule has 1 heterocycles. The molecule has 72 valence electrons. The predicted molar refractivity (Wildman–Crippen MR) is 53.1 cm³/mol. The number of rotatable bonds is 2. The van der Waals surface area contributed by atoms with E-state index in [1.165, 1.54) is 4.57 Å². The van der Waals surface area contributed by atoms with Crippen LogP contribution in [0.2, 0.25) is 0 Å². The molecule has 4 nitrogen and oxygen atoms in total. The van der Waals surface area contributed by atoms with E-state index in [2.05, 4.69) is 4.98 Å². The van der Waals surface area contributed by atoms with Gasteiger partial charge < -0.3 is 5.73 Å².